The van der Waals surface area contributed by atoms with E-state index < -0.39 is 0 Å². The van der Waals surface area contributed by atoms with Crippen LogP contribution in [0.15, 0.2) is 24.9 Å². The van der Waals surface area contributed by atoms with Crippen molar-refractivity contribution >= 4 is 5.91 Å². The van der Waals surface area contributed by atoms with Crippen LogP contribution in [0.25, 0.3) is 0 Å². The van der Waals surface area contributed by atoms with Crippen molar-refractivity contribution in [1.82, 2.24) is 29.6 Å². The third-order valence-electron chi connectivity index (χ3n) is 4.55. The highest BCUT2D eigenvalue weighted by Gasteiger charge is 2.29. The van der Waals surface area contributed by atoms with E-state index in [0.717, 1.165) is 51.1 Å². The number of rotatable bonds is 4. The van der Waals surface area contributed by atoms with Crippen LogP contribution < -0.4 is 0 Å². The highest BCUT2D eigenvalue weighted by molar-refractivity contribution is 5.92. The SMILES string of the molecule is O=C(c1ccnc(C2CC2)n1)N1CCCC(Cn2cncn2)C1. The van der Waals surface area contributed by atoms with Gasteiger partial charge in [0.15, 0.2) is 0 Å². The maximum absolute atomic E-state index is 12.7. The average Bonchev–Trinajstić information content (AvgIpc) is 3.33. The zero-order chi connectivity index (χ0) is 15.6. The number of hydrogen-bond acceptors (Lipinski definition) is 5. The first-order chi connectivity index (χ1) is 11.3. The molecule has 0 radical (unpaired) electrons. The molecule has 1 saturated heterocycles. The molecule has 2 aromatic rings. The van der Waals surface area contributed by atoms with E-state index in [1.54, 1.807) is 24.9 Å². The van der Waals surface area contributed by atoms with Gasteiger partial charge in [-0.25, -0.2) is 15.0 Å². The first-order valence-electron chi connectivity index (χ1n) is 8.24. The molecule has 2 aromatic heterocycles. The molecule has 1 atom stereocenters. The van der Waals surface area contributed by atoms with Gasteiger partial charge in [0, 0.05) is 31.7 Å². The van der Waals surface area contributed by atoms with Gasteiger partial charge in [-0.2, -0.15) is 5.10 Å². The Balaban J connectivity index is 1.44. The van der Waals surface area contributed by atoms with Crippen LogP contribution >= 0.6 is 0 Å². The van der Waals surface area contributed by atoms with Crippen LogP contribution in [0.4, 0.5) is 0 Å². The van der Waals surface area contributed by atoms with Crippen LogP contribution in [-0.4, -0.2) is 48.6 Å². The molecule has 4 rings (SSSR count). The molecule has 2 aliphatic rings. The van der Waals surface area contributed by atoms with E-state index in [1.807, 2.05) is 9.58 Å². The number of piperidine rings is 1. The normalized spacial score (nSPS) is 21.4. The summed E-state index contributed by atoms with van der Waals surface area (Å²) in [6.45, 7) is 2.36. The molecule has 0 bridgehead atoms. The van der Waals surface area contributed by atoms with Crippen LogP contribution in [0.1, 0.15) is 47.9 Å². The molecule has 0 aromatic carbocycles. The zero-order valence-corrected chi connectivity index (χ0v) is 13.0. The molecule has 120 valence electrons. The van der Waals surface area contributed by atoms with Crippen LogP contribution in [-0.2, 0) is 6.54 Å². The molecule has 1 amide bonds. The Morgan fingerprint density at radius 1 is 1.30 bits per heavy atom. The van der Waals surface area contributed by atoms with E-state index in [1.165, 1.54) is 0 Å². The second-order valence-electron chi connectivity index (χ2n) is 6.45. The third-order valence-corrected chi connectivity index (χ3v) is 4.55. The minimum atomic E-state index is 0.0255. The Hall–Kier alpha value is -2.31. The number of likely N-dealkylation sites (tertiary alicyclic amines) is 1. The predicted octanol–water partition coefficient (Wildman–Crippen LogP) is 1.50. The van der Waals surface area contributed by atoms with E-state index in [2.05, 4.69) is 20.1 Å². The summed E-state index contributed by atoms with van der Waals surface area (Å²) in [4.78, 5) is 27.4. The second kappa shape index (κ2) is 6.06. The van der Waals surface area contributed by atoms with Crippen molar-refractivity contribution in [3.05, 3.63) is 36.4 Å². The number of amides is 1. The molecule has 0 N–H and O–H groups in total. The lowest BCUT2D eigenvalue weighted by molar-refractivity contribution is 0.0653. The molecule has 7 nitrogen and oxygen atoms in total. The number of carbonyl (C=O) groups is 1. The molecule has 2 fully saturated rings. The highest BCUT2D eigenvalue weighted by atomic mass is 16.2. The van der Waals surface area contributed by atoms with Crippen LogP contribution in [0.5, 0.6) is 0 Å². The fourth-order valence-corrected chi connectivity index (χ4v) is 3.18. The van der Waals surface area contributed by atoms with Gasteiger partial charge in [-0.1, -0.05) is 0 Å². The lowest BCUT2D eigenvalue weighted by Gasteiger charge is -2.32. The smallest absolute Gasteiger partial charge is 0.272 e. The summed E-state index contributed by atoms with van der Waals surface area (Å²) in [6.07, 6.45) is 9.40. The monoisotopic (exact) mass is 312 g/mol. The minimum absolute atomic E-state index is 0.0255. The average molecular weight is 312 g/mol. The van der Waals surface area contributed by atoms with E-state index in [9.17, 15) is 4.79 Å². The van der Waals surface area contributed by atoms with Gasteiger partial charge in [0.2, 0.25) is 0 Å². The number of nitrogens with zero attached hydrogens (tertiary/aromatic N) is 6. The van der Waals surface area contributed by atoms with Gasteiger partial charge in [-0.3, -0.25) is 9.48 Å². The molecule has 1 aliphatic carbocycles. The second-order valence-corrected chi connectivity index (χ2v) is 6.45. The van der Waals surface area contributed by atoms with Crippen molar-refractivity contribution in [3.63, 3.8) is 0 Å². The van der Waals surface area contributed by atoms with Gasteiger partial charge in [-0.05, 0) is 37.7 Å². The predicted molar refractivity (Wildman–Crippen MR) is 82.7 cm³/mol. The van der Waals surface area contributed by atoms with Crippen molar-refractivity contribution < 1.29 is 4.79 Å². The van der Waals surface area contributed by atoms with Crippen LogP contribution in [0.3, 0.4) is 0 Å². The lowest BCUT2D eigenvalue weighted by Crippen LogP contribution is -2.41. The summed E-state index contributed by atoms with van der Waals surface area (Å²) >= 11 is 0. The van der Waals surface area contributed by atoms with E-state index in [0.29, 0.717) is 17.5 Å². The first-order valence-corrected chi connectivity index (χ1v) is 8.24. The van der Waals surface area contributed by atoms with Gasteiger partial charge in [0.1, 0.15) is 24.2 Å². The third kappa shape index (κ3) is 3.23. The fraction of sp³-hybridized carbons (Fsp3) is 0.562. The minimum Gasteiger partial charge on any atom is -0.337 e. The summed E-state index contributed by atoms with van der Waals surface area (Å²) in [7, 11) is 0. The van der Waals surface area contributed by atoms with E-state index in [-0.39, 0.29) is 5.91 Å². The Kier molecular flexibility index (Phi) is 3.77. The lowest BCUT2D eigenvalue weighted by atomic mass is 9.98. The maximum atomic E-state index is 12.7. The van der Waals surface area contributed by atoms with Gasteiger partial charge in [-0.15, -0.1) is 0 Å². The van der Waals surface area contributed by atoms with Crippen molar-refractivity contribution in [2.24, 2.45) is 5.92 Å². The van der Waals surface area contributed by atoms with Gasteiger partial charge < -0.3 is 4.90 Å². The van der Waals surface area contributed by atoms with E-state index in [4.69, 9.17) is 0 Å². The molecule has 7 heteroatoms. The molecule has 23 heavy (non-hydrogen) atoms. The van der Waals surface area contributed by atoms with Crippen molar-refractivity contribution in [1.29, 1.82) is 0 Å². The first kappa shape index (κ1) is 14.3. The number of hydrogen-bond donors (Lipinski definition) is 0. The van der Waals surface area contributed by atoms with Crippen molar-refractivity contribution in [2.75, 3.05) is 13.1 Å². The summed E-state index contributed by atoms with van der Waals surface area (Å²) in [5.74, 6) is 1.73. The summed E-state index contributed by atoms with van der Waals surface area (Å²) in [5, 5.41) is 4.16. The fourth-order valence-electron chi connectivity index (χ4n) is 3.18. The molecule has 0 spiro atoms. The Labute approximate surface area is 134 Å². The van der Waals surface area contributed by atoms with E-state index >= 15 is 0 Å². The largest absolute Gasteiger partial charge is 0.337 e. The van der Waals surface area contributed by atoms with Gasteiger partial charge in [0.05, 0.1) is 0 Å². The molecule has 3 heterocycles. The van der Waals surface area contributed by atoms with Gasteiger partial charge in [0.25, 0.3) is 5.91 Å². The molecule has 1 aliphatic heterocycles. The molecular weight excluding hydrogens is 292 g/mol. The maximum Gasteiger partial charge on any atom is 0.272 e. The Morgan fingerprint density at radius 2 is 2.22 bits per heavy atom. The van der Waals surface area contributed by atoms with Crippen LogP contribution in [0.2, 0.25) is 0 Å². The summed E-state index contributed by atoms with van der Waals surface area (Å²) in [6, 6.07) is 1.73. The van der Waals surface area contributed by atoms with Crippen molar-refractivity contribution in [3.8, 4) is 0 Å². The van der Waals surface area contributed by atoms with Gasteiger partial charge >= 0.3 is 0 Å². The summed E-state index contributed by atoms with van der Waals surface area (Å²) in [5.41, 5.74) is 0.531. The van der Waals surface area contributed by atoms with Crippen molar-refractivity contribution in [2.45, 2.75) is 38.1 Å². The Morgan fingerprint density at radius 3 is 3.00 bits per heavy atom. The number of aromatic nitrogens is 5. The molecule has 1 saturated carbocycles. The summed E-state index contributed by atoms with van der Waals surface area (Å²) < 4.78 is 1.84. The van der Waals surface area contributed by atoms with Crippen LogP contribution in [0, 0.1) is 5.92 Å². The quantitative estimate of drug-likeness (QED) is 0.855. The standard InChI is InChI=1S/C16H20N6O/c23-16(14-5-6-18-15(20-14)13-3-4-13)21-7-1-2-12(8-21)9-22-11-17-10-19-22/h5-6,10-13H,1-4,7-9H2. The zero-order valence-electron chi connectivity index (χ0n) is 13.0. The number of carbonyl (C=O) groups excluding carboxylic acids is 1. The molecule has 1 unspecified atom stereocenters. The molecular formula is C16H20N6O. The highest BCUT2D eigenvalue weighted by Crippen LogP contribution is 2.37. The topological polar surface area (TPSA) is 76.8 Å². The Bertz CT molecular complexity index is 682.